The van der Waals surface area contributed by atoms with Crippen LogP contribution >= 0.6 is 12.6 Å². The van der Waals surface area contributed by atoms with Crippen LogP contribution in [0.1, 0.15) is 65.2 Å². The summed E-state index contributed by atoms with van der Waals surface area (Å²) in [5.74, 6) is 2.63. The van der Waals surface area contributed by atoms with E-state index in [0.29, 0.717) is 16.1 Å². The number of hydrogen-bond donors (Lipinski definition) is 2. The quantitative estimate of drug-likeness (QED) is 0.495. The molecule has 118 valence electrons. The van der Waals surface area contributed by atoms with Gasteiger partial charge in [-0.1, -0.05) is 25.5 Å². The molecule has 4 aliphatic rings. The fourth-order valence-corrected chi connectivity index (χ4v) is 7.08. The zero-order valence-electron chi connectivity index (χ0n) is 13.5. The van der Waals surface area contributed by atoms with Crippen molar-refractivity contribution in [3.8, 4) is 0 Å². The summed E-state index contributed by atoms with van der Waals surface area (Å²) < 4.78 is 0. The Morgan fingerprint density at radius 3 is 2.71 bits per heavy atom. The van der Waals surface area contributed by atoms with Crippen molar-refractivity contribution in [2.24, 2.45) is 28.6 Å². The maximum atomic E-state index is 10.0. The summed E-state index contributed by atoms with van der Waals surface area (Å²) in [7, 11) is 0. The standard InChI is InChI=1S/C19H30OS/c1-18-9-7-13(20)11-12(18)3-4-14-15-5-6-17(21)19(15,2)10-8-16(14)18/h3,13-17,20-21H,4-11H2,1-2H3/t13-,14+,15+,16+,17+,18+,19+/m1/s1. The van der Waals surface area contributed by atoms with Crippen LogP contribution in [0.5, 0.6) is 0 Å². The topological polar surface area (TPSA) is 20.2 Å². The summed E-state index contributed by atoms with van der Waals surface area (Å²) in [6.45, 7) is 5.03. The Kier molecular flexibility index (Phi) is 3.32. The van der Waals surface area contributed by atoms with Crippen molar-refractivity contribution in [1.82, 2.24) is 0 Å². The molecule has 2 heteroatoms. The minimum atomic E-state index is -0.0805. The molecule has 7 atom stereocenters. The van der Waals surface area contributed by atoms with Gasteiger partial charge in [-0.25, -0.2) is 0 Å². The van der Waals surface area contributed by atoms with Gasteiger partial charge in [0.05, 0.1) is 6.10 Å². The third-order valence-electron chi connectivity index (χ3n) is 8.03. The van der Waals surface area contributed by atoms with Crippen molar-refractivity contribution in [2.45, 2.75) is 76.6 Å². The zero-order chi connectivity index (χ0) is 14.8. The molecular formula is C19H30OS. The number of thiol groups is 1. The smallest absolute Gasteiger partial charge is 0.0577 e. The first-order chi connectivity index (χ1) is 9.95. The molecule has 0 unspecified atom stereocenters. The summed E-state index contributed by atoms with van der Waals surface area (Å²) >= 11 is 4.93. The Hall–Kier alpha value is 0.0500. The van der Waals surface area contributed by atoms with Crippen molar-refractivity contribution in [3.63, 3.8) is 0 Å². The number of hydrogen-bond acceptors (Lipinski definition) is 2. The average Bonchev–Trinajstić information content (AvgIpc) is 2.76. The zero-order valence-corrected chi connectivity index (χ0v) is 14.4. The second-order valence-electron chi connectivity index (χ2n) is 8.79. The van der Waals surface area contributed by atoms with Gasteiger partial charge in [-0.15, -0.1) is 0 Å². The molecule has 0 aromatic rings. The van der Waals surface area contributed by atoms with E-state index in [2.05, 4.69) is 19.9 Å². The van der Waals surface area contributed by atoms with Gasteiger partial charge in [0.25, 0.3) is 0 Å². The van der Waals surface area contributed by atoms with E-state index in [1.165, 1.54) is 38.5 Å². The summed E-state index contributed by atoms with van der Waals surface area (Å²) in [4.78, 5) is 0. The largest absolute Gasteiger partial charge is 0.393 e. The first-order valence-electron chi connectivity index (χ1n) is 9.01. The Balaban J connectivity index is 1.68. The molecule has 0 saturated heterocycles. The Labute approximate surface area is 135 Å². The lowest BCUT2D eigenvalue weighted by molar-refractivity contribution is -0.0345. The SMILES string of the molecule is C[C@]12CC[C@H]3[C@@H](CC=C4C[C@H](O)CC[C@@]43C)[C@@H]1CC[C@@H]2S. The molecule has 21 heavy (non-hydrogen) atoms. The molecule has 3 saturated carbocycles. The van der Waals surface area contributed by atoms with Gasteiger partial charge in [0.1, 0.15) is 0 Å². The molecule has 0 bridgehead atoms. The molecule has 4 rings (SSSR count). The molecule has 4 aliphatic carbocycles. The highest BCUT2D eigenvalue weighted by molar-refractivity contribution is 7.81. The number of aliphatic hydroxyl groups is 1. The molecule has 1 nitrogen and oxygen atoms in total. The fourth-order valence-electron chi connectivity index (χ4n) is 6.61. The highest BCUT2D eigenvalue weighted by Gasteiger charge is 2.57. The average molecular weight is 307 g/mol. The van der Waals surface area contributed by atoms with Crippen molar-refractivity contribution in [1.29, 1.82) is 0 Å². The van der Waals surface area contributed by atoms with E-state index in [0.717, 1.165) is 30.6 Å². The van der Waals surface area contributed by atoms with Gasteiger partial charge >= 0.3 is 0 Å². The highest BCUT2D eigenvalue weighted by Crippen LogP contribution is 2.65. The van der Waals surface area contributed by atoms with Crippen LogP contribution in [0.2, 0.25) is 0 Å². The Bertz CT molecular complexity index is 472. The third kappa shape index (κ3) is 1.94. The van der Waals surface area contributed by atoms with Crippen molar-refractivity contribution in [3.05, 3.63) is 11.6 Å². The van der Waals surface area contributed by atoms with Crippen LogP contribution in [0.3, 0.4) is 0 Å². The van der Waals surface area contributed by atoms with Crippen LogP contribution in [0.4, 0.5) is 0 Å². The van der Waals surface area contributed by atoms with Gasteiger partial charge < -0.3 is 5.11 Å². The first-order valence-corrected chi connectivity index (χ1v) is 9.52. The lowest BCUT2D eigenvalue weighted by atomic mass is 9.48. The first kappa shape index (κ1) is 14.6. The predicted octanol–water partition coefficient (Wildman–Crippen LogP) is 4.61. The van der Waals surface area contributed by atoms with E-state index in [9.17, 15) is 5.11 Å². The number of rotatable bonds is 0. The van der Waals surface area contributed by atoms with E-state index < -0.39 is 0 Å². The molecule has 0 radical (unpaired) electrons. The predicted molar refractivity (Wildman–Crippen MR) is 90.5 cm³/mol. The van der Waals surface area contributed by atoms with Gasteiger partial charge in [0.15, 0.2) is 0 Å². The van der Waals surface area contributed by atoms with E-state index in [4.69, 9.17) is 12.6 Å². The summed E-state index contributed by atoms with van der Waals surface area (Å²) in [5, 5.41) is 10.7. The van der Waals surface area contributed by atoms with Crippen LogP contribution in [-0.4, -0.2) is 16.5 Å². The maximum Gasteiger partial charge on any atom is 0.0577 e. The lowest BCUT2D eigenvalue weighted by Gasteiger charge is -2.57. The van der Waals surface area contributed by atoms with Crippen LogP contribution in [0, 0.1) is 28.6 Å². The molecular weight excluding hydrogens is 276 g/mol. The minimum Gasteiger partial charge on any atom is -0.393 e. The maximum absolute atomic E-state index is 10.0. The van der Waals surface area contributed by atoms with E-state index in [-0.39, 0.29) is 6.10 Å². The monoisotopic (exact) mass is 306 g/mol. The number of aliphatic hydroxyl groups excluding tert-OH is 1. The van der Waals surface area contributed by atoms with Crippen LogP contribution in [0.25, 0.3) is 0 Å². The summed E-state index contributed by atoms with van der Waals surface area (Å²) in [5.41, 5.74) is 2.46. The van der Waals surface area contributed by atoms with Crippen LogP contribution < -0.4 is 0 Å². The van der Waals surface area contributed by atoms with Gasteiger partial charge in [-0.3, -0.25) is 0 Å². The Morgan fingerprint density at radius 2 is 1.90 bits per heavy atom. The molecule has 0 aliphatic heterocycles. The normalized spacial score (nSPS) is 56.2. The third-order valence-corrected chi connectivity index (χ3v) is 8.88. The van der Waals surface area contributed by atoms with E-state index in [1.54, 1.807) is 5.57 Å². The van der Waals surface area contributed by atoms with Crippen molar-refractivity contribution in [2.75, 3.05) is 0 Å². The molecule has 0 amide bonds. The van der Waals surface area contributed by atoms with Gasteiger partial charge in [-0.05, 0) is 80.0 Å². The second-order valence-corrected chi connectivity index (χ2v) is 9.42. The van der Waals surface area contributed by atoms with Crippen LogP contribution in [-0.2, 0) is 0 Å². The molecule has 3 fully saturated rings. The molecule has 0 spiro atoms. The van der Waals surface area contributed by atoms with Crippen LogP contribution in [0.15, 0.2) is 11.6 Å². The Morgan fingerprint density at radius 1 is 1.10 bits per heavy atom. The van der Waals surface area contributed by atoms with Gasteiger partial charge in [-0.2, -0.15) is 12.6 Å². The second kappa shape index (κ2) is 4.77. The number of allylic oxidation sites excluding steroid dienone is 1. The summed E-state index contributed by atoms with van der Waals surface area (Å²) in [6.07, 6.45) is 12.3. The molecule has 0 heterocycles. The van der Waals surface area contributed by atoms with Gasteiger partial charge in [0.2, 0.25) is 0 Å². The minimum absolute atomic E-state index is 0.0805. The van der Waals surface area contributed by atoms with Gasteiger partial charge in [0, 0.05) is 5.25 Å². The fraction of sp³-hybridized carbons (Fsp3) is 0.895. The lowest BCUT2D eigenvalue weighted by Crippen LogP contribution is -2.50. The molecule has 0 aromatic heterocycles. The van der Waals surface area contributed by atoms with E-state index >= 15 is 0 Å². The molecule has 1 N–H and O–H groups in total. The highest BCUT2D eigenvalue weighted by atomic mass is 32.1. The number of fused-ring (bicyclic) bond motifs is 5. The van der Waals surface area contributed by atoms with Crippen molar-refractivity contribution < 1.29 is 5.11 Å². The van der Waals surface area contributed by atoms with E-state index in [1.807, 2.05) is 0 Å². The molecule has 0 aromatic carbocycles. The summed E-state index contributed by atoms with van der Waals surface area (Å²) in [6, 6.07) is 0. The van der Waals surface area contributed by atoms with Crippen molar-refractivity contribution >= 4 is 12.6 Å².